The number of rotatable bonds is 5. The van der Waals surface area contributed by atoms with E-state index in [1.807, 2.05) is 0 Å². The van der Waals surface area contributed by atoms with E-state index >= 15 is 0 Å². The third-order valence-electron chi connectivity index (χ3n) is 2.71. The van der Waals surface area contributed by atoms with Crippen molar-refractivity contribution >= 4 is 35.5 Å². The van der Waals surface area contributed by atoms with Crippen LogP contribution < -0.4 is 0 Å². The summed E-state index contributed by atoms with van der Waals surface area (Å²) in [5.74, 6) is -0.518. The molecule has 0 spiro atoms. The minimum atomic E-state index is -0.637. The molecule has 0 unspecified atom stereocenters. The molecule has 1 aromatic carbocycles. The molecular weight excluding hydrogens is 317 g/mol. The van der Waals surface area contributed by atoms with Crippen molar-refractivity contribution in [3.63, 3.8) is 0 Å². The van der Waals surface area contributed by atoms with Crippen LogP contribution in [-0.2, 0) is 16.0 Å². The number of benzene rings is 1. The molecule has 0 aliphatic rings. The highest BCUT2D eigenvalue weighted by Crippen LogP contribution is 2.37. The van der Waals surface area contributed by atoms with Gasteiger partial charge in [0.25, 0.3) is 0 Å². The fraction of sp³-hybridized carbons (Fsp3) is 0.214. The number of aldehydes is 1. The fourth-order valence-electron chi connectivity index (χ4n) is 1.85. The first kappa shape index (κ1) is 15.5. The summed E-state index contributed by atoms with van der Waals surface area (Å²) in [6, 6.07) is 4.90. The first-order valence-corrected chi connectivity index (χ1v) is 6.89. The number of halogens is 2. The third-order valence-corrected chi connectivity index (χ3v) is 3.34. The molecule has 5 nitrogen and oxygen atoms in total. The number of carbonyl (C=O) groups excluding carboxylic acids is 2. The number of nitrogens with zero attached hydrogens (tertiary/aromatic N) is 1. The number of esters is 1. The molecule has 1 heterocycles. The number of hydrogen-bond acceptors (Lipinski definition) is 5. The Morgan fingerprint density at radius 2 is 2.05 bits per heavy atom. The van der Waals surface area contributed by atoms with Gasteiger partial charge in [-0.25, -0.2) is 4.79 Å². The topological polar surface area (TPSA) is 69.4 Å². The van der Waals surface area contributed by atoms with Gasteiger partial charge < -0.3 is 14.1 Å². The third kappa shape index (κ3) is 3.09. The molecular formula is C14H11Cl2NO4. The highest BCUT2D eigenvalue weighted by Gasteiger charge is 2.27. The SMILES string of the molecule is CCOC(=O)c1c(-c2c(Cl)cccc2Cl)noc1CC=O. The van der Waals surface area contributed by atoms with Crippen molar-refractivity contribution in [2.75, 3.05) is 6.61 Å². The molecule has 0 atom stereocenters. The Hall–Kier alpha value is -1.85. The van der Waals surface area contributed by atoms with Gasteiger partial charge in [0.1, 0.15) is 17.5 Å². The van der Waals surface area contributed by atoms with E-state index in [4.69, 9.17) is 32.5 Å². The number of hydrogen-bond donors (Lipinski definition) is 0. The summed E-state index contributed by atoms with van der Waals surface area (Å²) < 4.78 is 10.0. The van der Waals surface area contributed by atoms with Gasteiger partial charge in [-0.3, -0.25) is 0 Å². The van der Waals surface area contributed by atoms with Gasteiger partial charge in [0.05, 0.1) is 23.1 Å². The fourth-order valence-corrected chi connectivity index (χ4v) is 2.42. The van der Waals surface area contributed by atoms with Gasteiger partial charge in [-0.1, -0.05) is 34.4 Å². The molecule has 0 N–H and O–H groups in total. The Kier molecular flexibility index (Phi) is 4.98. The van der Waals surface area contributed by atoms with E-state index in [1.165, 1.54) is 0 Å². The van der Waals surface area contributed by atoms with Crippen LogP contribution in [-0.4, -0.2) is 24.0 Å². The van der Waals surface area contributed by atoms with Crippen molar-refractivity contribution < 1.29 is 18.8 Å². The first-order chi connectivity index (χ1) is 10.1. The second-order valence-corrected chi connectivity index (χ2v) is 4.83. The molecule has 0 saturated heterocycles. The molecule has 110 valence electrons. The van der Waals surface area contributed by atoms with E-state index in [-0.39, 0.29) is 30.0 Å². The predicted molar refractivity (Wildman–Crippen MR) is 77.7 cm³/mol. The van der Waals surface area contributed by atoms with Gasteiger partial charge in [0.2, 0.25) is 0 Å². The lowest BCUT2D eigenvalue weighted by Crippen LogP contribution is -2.08. The van der Waals surface area contributed by atoms with Gasteiger partial charge in [-0.05, 0) is 19.1 Å². The van der Waals surface area contributed by atoms with Gasteiger partial charge >= 0.3 is 5.97 Å². The zero-order valence-corrected chi connectivity index (χ0v) is 12.6. The van der Waals surface area contributed by atoms with E-state index in [1.54, 1.807) is 25.1 Å². The van der Waals surface area contributed by atoms with E-state index in [2.05, 4.69) is 5.16 Å². The van der Waals surface area contributed by atoms with E-state index < -0.39 is 5.97 Å². The van der Waals surface area contributed by atoms with Gasteiger partial charge in [0.15, 0.2) is 5.76 Å². The van der Waals surface area contributed by atoms with Crippen molar-refractivity contribution in [2.45, 2.75) is 13.3 Å². The second kappa shape index (κ2) is 6.74. The van der Waals surface area contributed by atoms with Crippen molar-refractivity contribution in [3.8, 4) is 11.3 Å². The van der Waals surface area contributed by atoms with Crippen LogP contribution in [0.3, 0.4) is 0 Å². The number of ether oxygens (including phenoxy) is 1. The Labute approximate surface area is 130 Å². The van der Waals surface area contributed by atoms with Crippen LogP contribution in [0.5, 0.6) is 0 Å². The summed E-state index contributed by atoms with van der Waals surface area (Å²) in [4.78, 5) is 22.8. The minimum Gasteiger partial charge on any atom is -0.462 e. The standard InChI is InChI=1S/C14H11Cl2NO4/c1-2-20-14(19)12-10(6-7-18)21-17-13(12)11-8(15)4-3-5-9(11)16/h3-5,7H,2,6H2,1H3. The molecule has 2 rings (SSSR count). The number of aromatic nitrogens is 1. The highest BCUT2D eigenvalue weighted by atomic mass is 35.5. The lowest BCUT2D eigenvalue weighted by atomic mass is 10.0. The number of carbonyl (C=O) groups is 2. The highest BCUT2D eigenvalue weighted by molar-refractivity contribution is 6.39. The monoisotopic (exact) mass is 327 g/mol. The molecule has 2 aromatic rings. The molecule has 0 saturated carbocycles. The van der Waals surface area contributed by atoms with Crippen LogP contribution in [0.4, 0.5) is 0 Å². The molecule has 0 fully saturated rings. The lowest BCUT2D eigenvalue weighted by molar-refractivity contribution is -0.107. The molecule has 0 amide bonds. The second-order valence-electron chi connectivity index (χ2n) is 4.02. The summed E-state index contributed by atoms with van der Waals surface area (Å²) in [7, 11) is 0. The quantitative estimate of drug-likeness (QED) is 0.620. The summed E-state index contributed by atoms with van der Waals surface area (Å²) >= 11 is 12.2. The molecule has 21 heavy (non-hydrogen) atoms. The van der Waals surface area contributed by atoms with Gasteiger partial charge in [-0.15, -0.1) is 0 Å². The Morgan fingerprint density at radius 1 is 1.38 bits per heavy atom. The Bertz CT molecular complexity index is 661. The Morgan fingerprint density at radius 3 is 2.62 bits per heavy atom. The lowest BCUT2D eigenvalue weighted by Gasteiger charge is -2.06. The van der Waals surface area contributed by atoms with Gasteiger partial charge in [-0.2, -0.15) is 0 Å². The van der Waals surface area contributed by atoms with Crippen LogP contribution in [0.2, 0.25) is 10.0 Å². The normalized spacial score (nSPS) is 10.4. The molecule has 0 radical (unpaired) electrons. The zero-order chi connectivity index (χ0) is 15.4. The van der Waals surface area contributed by atoms with Crippen LogP contribution >= 0.6 is 23.2 Å². The molecule has 1 aromatic heterocycles. The molecule has 0 aliphatic carbocycles. The summed E-state index contributed by atoms with van der Waals surface area (Å²) in [5, 5.41) is 4.46. The largest absolute Gasteiger partial charge is 0.462 e. The van der Waals surface area contributed by atoms with Crippen molar-refractivity contribution in [3.05, 3.63) is 39.6 Å². The maximum atomic E-state index is 12.1. The first-order valence-electron chi connectivity index (χ1n) is 6.13. The zero-order valence-electron chi connectivity index (χ0n) is 11.1. The van der Waals surface area contributed by atoms with Crippen molar-refractivity contribution in [1.29, 1.82) is 0 Å². The molecule has 7 heteroatoms. The summed E-state index contributed by atoms with van der Waals surface area (Å²) in [6.45, 7) is 1.85. The van der Waals surface area contributed by atoms with Crippen molar-refractivity contribution in [2.24, 2.45) is 0 Å². The van der Waals surface area contributed by atoms with Gasteiger partial charge in [0, 0.05) is 5.56 Å². The Balaban J connectivity index is 2.63. The van der Waals surface area contributed by atoms with E-state index in [0.29, 0.717) is 21.9 Å². The van der Waals surface area contributed by atoms with Crippen molar-refractivity contribution in [1.82, 2.24) is 5.16 Å². The maximum Gasteiger partial charge on any atom is 0.344 e. The molecule has 0 bridgehead atoms. The van der Waals surface area contributed by atoms with E-state index in [9.17, 15) is 9.59 Å². The maximum absolute atomic E-state index is 12.1. The summed E-state index contributed by atoms with van der Waals surface area (Å²) in [5.41, 5.74) is 0.602. The van der Waals surface area contributed by atoms with Crippen LogP contribution in [0.1, 0.15) is 23.0 Å². The van der Waals surface area contributed by atoms with E-state index in [0.717, 1.165) is 0 Å². The average Bonchev–Trinajstić information content (AvgIpc) is 2.83. The average molecular weight is 328 g/mol. The smallest absolute Gasteiger partial charge is 0.344 e. The van der Waals surface area contributed by atoms with Crippen LogP contribution in [0, 0.1) is 0 Å². The van der Waals surface area contributed by atoms with Crippen LogP contribution in [0.25, 0.3) is 11.3 Å². The predicted octanol–water partition coefficient (Wildman–Crippen LogP) is 3.57. The van der Waals surface area contributed by atoms with Crippen LogP contribution in [0.15, 0.2) is 22.7 Å². The summed E-state index contributed by atoms with van der Waals surface area (Å²) in [6.07, 6.45) is 0.518. The minimum absolute atomic E-state index is 0.0685. The molecule has 0 aliphatic heterocycles.